The zero-order valence-corrected chi connectivity index (χ0v) is 41.2. The highest BCUT2D eigenvalue weighted by Crippen LogP contribution is 2.64. The Morgan fingerprint density at radius 1 is 0.147 bits per heavy atom. The monoisotopic (exact) mass is 948 g/mol. The fourth-order valence-electron chi connectivity index (χ4n) is 14.8. The van der Waals surface area contributed by atoms with E-state index in [0.717, 1.165) is 0 Å². The summed E-state index contributed by atoms with van der Waals surface area (Å²) in [5.74, 6) is 0. The summed E-state index contributed by atoms with van der Waals surface area (Å²) >= 11 is 0. The van der Waals surface area contributed by atoms with Crippen molar-refractivity contribution in [3.8, 4) is 66.8 Å². The van der Waals surface area contributed by atoms with Crippen LogP contribution in [0.4, 0.5) is 0 Å². The van der Waals surface area contributed by atoms with Crippen molar-refractivity contribution >= 4 is 0 Å². The number of benzene rings is 12. The highest BCUT2D eigenvalue weighted by Gasteiger charge is 2.52. The lowest BCUT2D eigenvalue weighted by Crippen LogP contribution is -2.28. The van der Waals surface area contributed by atoms with Gasteiger partial charge in [-0.25, -0.2) is 0 Å². The molecule has 348 valence electrons. The molecule has 4 aliphatic rings. The van der Waals surface area contributed by atoms with E-state index in [2.05, 4.69) is 291 Å². The van der Waals surface area contributed by atoms with Crippen LogP contribution in [0.3, 0.4) is 0 Å². The fraction of sp³-hybridized carbons (Fsp3) is 0.0400. The molecule has 16 rings (SSSR count). The van der Waals surface area contributed by atoms with Crippen LogP contribution in [0.15, 0.2) is 291 Å². The van der Waals surface area contributed by atoms with Crippen LogP contribution >= 0.6 is 0 Å². The average Bonchev–Trinajstić information content (AvgIpc) is 4.18. The second-order valence-corrected chi connectivity index (χ2v) is 20.9. The van der Waals surface area contributed by atoms with Crippen LogP contribution in [-0.4, -0.2) is 0 Å². The highest BCUT2D eigenvalue weighted by atomic mass is 14.5. The summed E-state index contributed by atoms with van der Waals surface area (Å²) < 4.78 is 0. The summed E-state index contributed by atoms with van der Waals surface area (Å²) in [7, 11) is 0. The number of hydrogen-bond donors (Lipinski definition) is 0. The van der Waals surface area contributed by atoms with E-state index >= 15 is 0 Å². The third kappa shape index (κ3) is 5.51. The van der Waals surface area contributed by atoms with Gasteiger partial charge < -0.3 is 0 Å². The summed E-state index contributed by atoms with van der Waals surface area (Å²) in [6, 6.07) is 110. The molecule has 12 aromatic carbocycles. The van der Waals surface area contributed by atoms with Crippen molar-refractivity contribution in [1.29, 1.82) is 0 Å². The van der Waals surface area contributed by atoms with E-state index in [-0.39, 0.29) is 0 Å². The van der Waals surface area contributed by atoms with Gasteiger partial charge in [0.25, 0.3) is 0 Å². The van der Waals surface area contributed by atoms with Gasteiger partial charge in [0.2, 0.25) is 0 Å². The van der Waals surface area contributed by atoms with Crippen LogP contribution in [0.5, 0.6) is 0 Å². The molecule has 12 aromatic rings. The topological polar surface area (TPSA) is 0 Å². The van der Waals surface area contributed by atoms with Gasteiger partial charge in [-0.3, -0.25) is 0 Å². The molecule has 0 nitrogen and oxygen atoms in total. The van der Waals surface area contributed by atoms with Crippen molar-refractivity contribution in [3.63, 3.8) is 0 Å². The van der Waals surface area contributed by atoms with E-state index in [1.54, 1.807) is 0 Å². The first-order valence-corrected chi connectivity index (χ1v) is 26.4. The molecule has 0 radical (unpaired) electrons. The highest BCUT2D eigenvalue weighted by molar-refractivity contribution is 5.97. The molecule has 75 heavy (non-hydrogen) atoms. The third-order valence-corrected chi connectivity index (χ3v) is 17.7. The Balaban J connectivity index is 0.895. The summed E-state index contributed by atoms with van der Waals surface area (Å²) in [6.07, 6.45) is 0. The molecule has 0 unspecified atom stereocenters. The molecule has 1 spiro atoms. The van der Waals surface area contributed by atoms with Crippen molar-refractivity contribution in [2.24, 2.45) is 0 Å². The lowest BCUT2D eigenvalue weighted by Gasteiger charge is -2.34. The smallest absolute Gasteiger partial charge is 0.0622 e. The van der Waals surface area contributed by atoms with Gasteiger partial charge in [0.15, 0.2) is 0 Å². The maximum atomic E-state index is 2.54. The molecule has 0 heterocycles. The largest absolute Gasteiger partial charge is 0.0725 e. The van der Waals surface area contributed by atoms with Crippen LogP contribution in [0, 0.1) is 0 Å². The molecule has 0 N–H and O–H groups in total. The minimum Gasteiger partial charge on any atom is -0.0622 e. The molecule has 4 aliphatic carbocycles. The number of hydrogen-bond acceptors (Lipinski definition) is 0. The molecular weight excluding hydrogens is 901 g/mol. The van der Waals surface area contributed by atoms with E-state index in [1.807, 2.05) is 0 Å². The Bertz CT molecular complexity index is 3940. The van der Waals surface area contributed by atoms with Crippen molar-refractivity contribution in [2.45, 2.75) is 16.2 Å². The maximum absolute atomic E-state index is 2.54. The number of fused-ring (bicyclic) bond motifs is 16. The van der Waals surface area contributed by atoms with Crippen LogP contribution < -0.4 is 0 Å². The Labute approximate surface area is 438 Å². The lowest BCUT2D eigenvalue weighted by atomic mass is 9.67. The summed E-state index contributed by atoms with van der Waals surface area (Å²) in [6.45, 7) is 0. The molecule has 0 fully saturated rings. The minimum atomic E-state index is -0.539. The molecule has 0 aromatic heterocycles. The third-order valence-electron chi connectivity index (χ3n) is 17.7. The molecule has 0 atom stereocenters. The normalized spacial score (nSPS) is 14.7. The Morgan fingerprint density at radius 3 is 0.733 bits per heavy atom. The molecule has 0 aliphatic heterocycles. The summed E-state index contributed by atoms with van der Waals surface area (Å²) in [5, 5.41) is 0. The van der Waals surface area contributed by atoms with Crippen LogP contribution in [0.1, 0.15) is 66.8 Å². The summed E-state index contributed by atoms with van der Waals surface area (Å²) in [4.78, 5) is 0. The lowest BCUT2D eigenvalue weighted by molar-refractivity contribution is 0.768. The van der Waals surface area contributed by atoms with Gasteiger partial charge in [-0.05, 0) is 158 Å². The average molecular weight is 949 g/mol. The van der Waals surface area contributed by atoms with Gasteiger partial charge in [-0.15, -0.1) is 0 Å². The molecule has 0 heteroatoms. The first-order valence-electron chi connectivity index (χ1n) is 26.4. The Morgan fingerprint density at radius 2 is 0.400 bits per heavy atom. The zero-order valence-electron chi connectivity index (χ0n) is 41.2. The maximum Gasteiger partial charge on any atom is 0.0725 e. The van der Waals surface area contributed by atoms with Crippen LogP contribution in [-0.2, 0) is 16.2 Å². The van der Waals surface area contributed by atoms with E-state index in [0.29, 0.717) is 0 Å². The minimum absolute atomic E-state index is 0.485. The predicted octanol–water partition coefficient (Wildman–Crippen LogP) is 18.1. The van der Waals surface area contributed by atoms with E-state index < -0.39 is 16.2 Å². The second-order valence-electron chi connectivity index (χ2n) is 20.9. The van der Waals surface area contributed by atoms with Crippen molar-refractivity contribution in [3.05, 3.63) is 358 Å². The van der Waals surface area contributed by atoms with E-state index in [9.17, 15) is 0 Å². The van der Waals surface area contributed by atoms with Crippen molar-refractivity contribution in [2.75, 3.05) is 0 Å². The predicted molar refractivity (Wildman–Crippen MR) is 308 cm³/mol. The van der Waals surface area contributed by atoms with Crippen LogP contribution in [0.2, 0.25) is 0 Å². The molecule has 0 bridgehead atoms. The van der Waals surface area contributed by atoms with Crippen LogP contribution in [0.25, 0.3) is 66.8 Å². The zero-order chi connectivity index (χ0) is 49.3. The van der Waals surface area contributed by atoms with Gasteiger partial charge in [-0.2, -0.15) is 0 Å². The van der Waals surface area contributed by atoms with E-state index in [1.165, 1.54) is 134 Å². The molecular formula is C75H48. The standard InChI is InChI=1S/C75H48/c1-3-23-53(24-4-1)73(65-35-13-7-29-57(65)58-30-8-14-36-66(58)73)55-27-19-21-49(45-55)51-41-43-63-64-44-42-52(48-72(64)75(71(63)47-51)69-39-17-11-33-61(69)62-34-12-18-40-70(62)75)50-22-20-28-56(46-50)74(54-25-5-2-6-26-54)67-37-15-9-31-59(67)60-32-10-16-38-68(60)74/h1-48H. The van der Waals surface area contributed by atoms with Gasteiger partial charge in [0, 0.05) is 0 Å². The first kappa shape index (κ1) is 42.2. The van der Waals surface area contributed by atoms with Crippen molar-refractivity contribution < 1.29 is 0 Å². The van der Waals surface area contributed by atoms with Gasteiger partial charge >= 0.3 is 0 Å². The second kappa shape index (κ2) is 15.8. The van der Waals surface area contributed by atoms with Gasteiger partial charge in [0.05, 0.1) is 16.2 Å². The number of rotatable bonds is 6. The molecule has 0 amide bonds. The summed E-state index contributed by atoms with van der Waals surface area (Å²) in [5.41, 5.74) is 29.4. The van der Waals surface area contributed by atoms with Crippen molar-refractivity contribution in [1.82, 2.24) is 0 Å². The SMILES string of the molecule is c1ccc(C2(c3cccc(-c4ccc5c(c4)C4(c6ccccc6-c6ccccc64)c4cc(-c6cccc(C7(c8ccccc8)c8ccccc8-c8ccccc87)c6)ccc4-5)c3)c3ccccc3-c3ccccc32)cc1. The van der Waals surface area contributed by atoms with Gasteiger partial charge in [0.1, 0.15) is 0 Å². The molecule has 0 saturated heterocycles. The Hall–Kier alpha value is -9.36. The Kier molecular flexibility index (Phi) is 8.90. The van der Waals surface area contributed by atoms with Gasteiger partial charge in [-0.1, -0.05) is 267 Å². The first-order chi connectivity index (χ1) is 37.2. The quantitative estimate of drug-likeness (QED) is 0.156. The van der Waals surface area contributed by atoms with E-state index in [4.69, 9.17) is 0 Å². The molecule has 0 saturated carbocycles. The fourth-order valence-corrected chi connectivity index (χ4v) is 14.8.